The van der Waals surface area contributed by atoms with Gasteiger partial charge in [-0.25, -0.2) is 0 Å². The molecule has 108 valence electrons. The van der Waals surface area contributed by atoms with E-state index in [-0.39, 0.29) is 0 Å². The number of aldehydes is 1. The fourth-order valence-electron chi connectivity index (χ4n) is 2.17. The molecular formula is C16H14O2S2Se. The Labute approximate surface area is 137 Å². The van der Waals surface area contributed by atoms with Gasteiger partial charge in [0.2, 0.25) is 0 Å². The maximum atomic E-state index is 11.0. The van der Waals surface area contributed by atoms with Crippen LogP contribution in [0.25, 0.3) is 0 Å². The average molecular weight is 381 g/mol. The fourth-order valence-corrected chi connectivity index (χ4v) is 6.50. The molecule has 0 spiro atoms. The van der Waals surface area contributed by atoms with E-state index in [1.54, 1.807) is 29.8 Å². The van der Waals surface area contributed by atoms with Gasteiger partial charge in [-0.2, -0.15) is 0 Å². The van der Waals surface area contributed by atoms with Crippen molar-refractivity contribution in [2.45, 2.75) is 12.8 Å². The van der Waals surface area contributed by atoms with Crippen molar-refractivity contribution in [2.75, 3.05) is 7.11 Å². The number of carbonyl (C=O) groups is 1. The molecule has 0 aromatic carbocycles. The predicted octanol–water partition coefficient (Wildman–Crippen LogP) is 3.87. The van der Waals surface area contributed by atoms with Crippen molar-refractivity contribution in [3.8, 4) is 5.75 Å². The standard InChI is InChI=1S/C16H14O2S2Se/c1-18-14-5-7-20-16(14)9-13-3-2-12(21-13)8-15-11(10-17)4-6-19-15/h2-7,10H,8-9H2,1H3. The second kappa shape index (κ2) is 6.75. The minimum atomic E-state index is 0.388. The van der Waals surface area contributed by atoms with Crippen LogP contribution in [0.4, 0.5) is 0 Å². The van der Waals surface area contributed by atoms with Crippen LogP contribution in [-0.2, 0) is 12.8 Å². The molecular weight excluding hydrogens is 367 g/mol. The third-order valence-electron chi connectivity index (χ3n) is 3.22. The van der Waals surface area contributed by atoms with Gasteiger partial charge in [0, 0.05) is 0 Å². The second-order valence-electron chi connectivity index (χ2n) is 4.55. The average Bonchev–Trinajstić information content (AvgIpc) is 3.21. The zero-order valence-corrected chi connectivity index (χ0v) is 14.8. The van der Waals surface area contributed by atoms with Crippen molar-refractivity contribution in [3.63, 3.8) is 0 Å². The molecule has 3 rings (SSSR count). The topological polar surface area (TPSA) is 26.3 Å². The predicted molar refractivity (Wildman–Crippen MR) is 89.6 cm³/mol. The van der Waals surface area contributed by atoms with Gasteiger partial charge in [-0.05, 0) is 0 Å². The summed E-state index contributed by atoms with van der Waals surface area (Å²) in [4.78, 5) is 13.5. The number of thiophene rings is 2. The first-order chi connectivity index (χ1) is 10.3. The molecule has 0 bridgehead atoms. The van der Waals surface area contributed by atoms with E-state index < -0.39 is 0 Å². The Morgan fingerprint density at radius 1 is 1.05 bits per heavy atom. The molecule has 0 aliphatic heterocycles. The Morgan fingerprint density at radius 2 is 1.71 bits per heavy atom. The molecule has 3 aromatic heterocycles. The normalized spacial score (nSPS) is 10.7. The zero-order valence-electron chi connectivity index (χ0n) is 11.5. The van der Waals surface area contributed by atoms with Crippen molar-refractivity contribution in [1.29, 1.82) is 0 Å². The SMILES string of the molecule is COc1ccsc1Cc1ccc(Cc2sccc2C=O)[se]1. The van der Waals surface area contributed by atoms with Gasteiger partial charge >= 0.3 is 138 Å². The Kier molecular flexibility index (Phi) is 4.76. The van der Waals surface area contributed by atoms with Crippen LogP contribution in [-0.4, -0.2) is 27.9 Å². The summed E-state index contributed by atoms with van der Waals surface area (Å²) in [6.07, 6.45) is 2.85. The van der Waals surface area contributed by atoms with E-state index in [2.05, 4.69) is 17.5 Å². The van der Waals surface area contributed by atoms with Crippen molar-refractivity contribution in [2.24, 2.45) is 0 Å². The van der Waals surface area contributed by atoms with Crippen molar-refractivity contribution in [1.82, 2.24) is 0 Å². The number of hydrogen-bond acceptors (Lipinski definition) is 4. The first-order valence-corrected chi connectivity index (χ1v) is 9.97. The van der Waals surface area contributed by atoms with Crippen molar-refractivity contribution in [3.05, 3.63) is 59.2 Å². The van der Waals surface area contributed by atoms with E-state index in [4.69, 9.17) is 4.74 Å². The molecule has 21 heavy (non-hydrogen) atoms. The van der Waals surface area contributed by atoms with E-state index in [0.717, 1.165) is 30.4 Å². The molecule has 0 radical (unpaired) electrons. The van der Waals surface area contributed by atoms with Crippen LogP contribution in [0, 0.1) is 0 Å². The summed E-state index contributed by atoms with van der Waals surface area (Å²) in [5, 5.41) is 4.07. The summed E-state index contributed by atoms with van der Waals surface area (Å²) in [6.45, 7) is 0. The van der Waals surface area contributed by atoms with Crippen LogP contribution in [0.2, 0.25) is 0 Å². The van der Waals surface area contributed by atoms with E-state index in [1.165, 1.54) is 18.6 Å². The molecule has 0 amide bonds. The van der Waals surface area contributed by atoms with E-state index >= 15 is 0 Å². The molecule has 0 saturated carbocycles. The molecule has 0 aliphatic carbocycles. The molecule has 2 nitrogen and oxygen atoms in total. The molecule has 0 fully saturated rings. The van der Waals surface area contributed by atoms with Gasteiger partial charge in [-0.15, -0.1) is 0 Å². The summed E-state index contributed by atoms with van der Waals surface area (Å²) < 4.78 is 8.29. The first-order valence-electron chi connectivity index (χ1n) is 6.49. The summed E-state index contributed by atoms with van der Waals surface area (Å²) in [5.74, 6) is 0.992. The molecule has 0 unspecified atom stereocenters. The van der Waals surface area contributed by atoms with Gasteiger partial charge in [-0.3, -0.25) is 0 Å². The van der Waals surface area contributed by atoms with Crippen LogP contribution in [0.1, 0.15) is 29.0 Å². The summed E-state index contributed by atoms with van der Waals surface area (Å²) in [5.41, 5.74) is 0.838. The van der Waals surface area contributed by atoms with E-state index in [0.29, 0.717) is 14.5 Å². The second-order valence-corrected chi connectivity index (χ2v) is 9.18. The van der Waals surface area contributed by atoms with Crippen LogP contribution in [0.5, 0.6) is 5.75 Å². The Balaban J connectivity index is 1.73. The van der Waals surface area contributed by atoms with Crippen LogP contribution in [0.15, 0.2) is 35.0 Å². The zero-order chi connectivity index (χ0) is 14.7. The Bertz CT molecular complexity index is 739. The fraction of sp³-hybridized carbons (Fsp3) is 0.188. The maximum absolute atomic E-state index is 11.0. The molecule has 5 heteroatoms. The van der Waals surface area contributed by atoms with Gasteiger partial charge in [0.25, 0.3) is 0 Å². The van der Waals surface area contributed by atoms with Gasteiger partial charge in [0.15, 0.2) is 0 Å². The quantitative estimate of drug-likeness (QED) is 0.479. The monoisotopic (exact) mass is 382 g/mol. The van der Waals surface area contributed by atoms with Crippen molar-refractivity contribution >= 4 is 43.5 Å². The number of methoxy groups -OCH3 is 1. The number of carbonyl (C=O) groups excluding carboxylic acids is 1. The molecule has 3 aromatic rings. The molecule has 0 saturated heterocycles. The van der Waals surface area contributed by atoms with Gasteiger partial charge in [-0.1, -0.05) is 0 Å². The van der Waals surface area contributed by atoms with Crippen LogP contribution < -0.4 is 4.74 Å². The summed E-state index contributed by atoms with van der Waals surface area (Å²) in [6, 6.07) is 8.39. The minimum absolute atomic E-state index is 0.388. The van der Waals surface area contributed by atoms with E-state index in [1.807, 2.05) is 17.5 Å². The first kappa shape index (κ1) is 14.8. The Hall–Kier alpha value is -1.13. The molecule has 3 heterocycles. The number of ether oxygens (including phenoxy) is 1. The Morgan fingerprint density at radius 3 is 2.43 bits per heavy atom. The van der Waals surface area contributed by atoms with Crippen molar-refractivity contribution < 1.29 is 9.53 Å². The molecule has 0 aliphatic rings. The summed E-state index contributed by atoms with van der Waals surface area (Å²) >= 11 is 3.81. The third kappa shape index (κ3) is 3.38. The van der Waals surface area contributed by atoms with Gasteiger partial charge in [0.05, 0.1) is 0 Å². The number of hydrogen-bond donors (Lipinski definition) is 0. The molecule has 0 atom stereocenters. The third-order valence-corrected chi connectivity index (χ3v) is 7.33. The van der Waals surface area contributed by atoms with E-state index in [9.17, 15) is 4.79 Å². The van der Waals surface area contributed by atoms with Crippen LogP contribution >= 0.6 is 22.7 Å². The van der Waals surface area contributed by atoms with Crippen LogP contribution in [0.3, 0.4) is 0 Å². The molecule has 0 N–H and O–H groups in total. The number of rotatable bonds is 6. The van der Waals surface area contributed by atoms with Gasteiger partial charge < -0.3 is 0 Å². The van der Waals surface area contributed by atoms with Gasteiger partial charge in [0.1, 0.15) is 0 Å². The summed E-state index contributed by atoms with van der Waals surface area (Å²) in [7, 11) is 1.72.